The molecule has 0 atom stereocenters. The molecule has 0 saturated heterocycles. The quantitative estimate of drug-likeness (QED) is 0.887. The van der Waals surface area contributed by atoms with Crippen molar-refractivity contribution in [1.29, 1.82) is 0 Å². The molecule has 0 radical (unpaired) electrons. The fourth-order valence-corrected chi connectivity index (χ4v) is 2.35. The number of nitrogens with zero attached hydrogens (tertiary/aromatic N) is 1. The maximum Gasteiger partial charge on any atom is 0.264 e. The van der Waals surface area contributed by atoms with Gasteiger partial charge in [0.1, 0.15) is 10.7 Å². The lowest BCUT2D eigenvalue weighted by Crippen LogP contribution is -2.15. The number of H-pyrrole nitrogens is 1. The van der Waals surface area contributed by atoms with Crippen LogP contribution >= 0.6 is 11.6 Å². The van der Waals surface area contributed by atoms with Crippen LogP contribution in [0, 0.1) is 0 Å². The zero-order chi connectivity index (χ0) is 13.2. The van der Waals surface area contributed by atoms with Crippen LogP contribution in [0.15, 0.2) is 46.3 Å². The van der Waals surface area contributed by atoms with E-state index >= 15 is 0 Å². The third-order valence-electron chi connectivity index (χ3n) is 2.03. The smallest absolute Gasteiger partial charge is 0.264 e. The van der Waals surface area contributed by atoms with Crippen molar-refractivity contribution in [3.8, 4) is 0 Å². The zero-order valence-electron chi connectivity index (χ0n) is 8.92. The molecule has 0 fully saturated rings. The van der Waals surface area contributed by atoms with Crippen LogP contribution in [0.1, 0.15) is 0 Å². The lowest BCUT2D eigenvalue weighted by atomic mass is 10.5. The predicted molar refractivity (Wildman–Crippen MR) is 67.1 cm³/mol. The first-order valence-electron chi connectivity index (χ1n) is 4.80. The summed E-state index contributed by atoms with van der Waals surface area (Å²) in [6.07, 6.45) is 2.49. The predicted octanol–water partition coefficient (Wildman–Crippen LogP) is 1.22. The molecule has 0 amide bonds. The zero-order valence-corrected chi connectivity index (χ0v) is 10.5. The summed E-state index contributed by atoms with van der Waals surface area (Å²) in [5, 5.41) is 0.365. The van der Waals surface area contributed by atoms with E-state index in [-0.39, 0.29) is 16.3 Å². The molecule has 0 bridgehead atoms. The van der Waals surface area contributed by atoms with Crippen molar-refractivity contribution in [3.05, 3.63) is 52.0 Å². The molecule has 0 saturated carbocycles. The van der Waals surface area contributed by atoms with Crippen LogP contribution in [-0.4, -0.2) is 18.4 Å². The van der Waals surface area contributed by atoms with E-state index in [9.17, 15) is 13.2 Å². The Morgan fingerprint density at radius 3 is 2.67 bits per heavy atom. The summed E-state index contributed by atoms with van der Waals surface area (Å²) in [4.78, 5) is 16.9. The summed E-state index contributed by atoms with van der Waals surface area (Å²) in [6, 6.07) is 5.23. The number of rotatable bonds is 3. The van der Waals surface area contributed by atoms with Gasteiger partial charge < -0.3 is 4.98 Å². The molecule has 0 aromatic carbocycles. The number of nitrogens with one attached hydrogen (secondary N) is 2. The van der Waals surface area contributed by atoms with E-state index in [1.807, 2.05) is 0 Å². The minimum absolute atomic E-state index is 0.0659. The van der Waals surface area contributed by atoms with Crippen molar-refractivity contribution >= 4 is 27.4 Å². The molecular weight excluding hydrogens is 278 g/mol. The van der Waals surface area contributed by atoms with Crippen molar-refractivity contribution in [3.63, 3.8) is 0 Å². The first-order valence-corrected chi connectivity index (χ1v) is 6.67. The van der Waals surface area contributed by atoms with E-state index in [4.69, 9.17) is 11.6 Å². The van der Waals surface area contributed by atoms with Gasteiger partial charge in [0.05, 0.1) is 0 Å². The van der Waals surface area contributed by atoms with Crippen LogP contribution in [0.3, 0.4) is 0 Å². The van der Waals surface area contributed by atoms with Gasteiger partial charge in [-0.05, 0) is 12.1 Å². The van der Waals surface area contributed by atoms with Gasteiger partial charge in [-0.3, -0.25) is 9.52 Å². The number of sulfonamides is 1. The third kappa shape index (κ3) is 2.88. The Balaban J connectivity index is 2.33. The van der Waals surface area contributed by atoms with Gasteiger partial charge >= 0.3 is 0 Å². The lowest BCUT2D eigenvalue weighted by molar-refractivity contribution is 0.600. The molecule has 0 unspecified atom stereocenters. The van der Waals surface area contributed by atoms with E-state index in [1.54, 1.807) is 0 Å². The molecule has 2 heterocycles. The van der Waals surface area contributed by atoms with Crippen LogP contribution in [-0.2, 0) is 10.0 Å². The number of anilines is 1. The molecule has 0 aliphatic rings. The Kier molecular flexibility index (Phi) is 3.35. The highest BCUT2D eigenvalue weighted by molar-refractivity contribution is 7.92. The van der Waals surface area contributed by atoms with Gasteiger partial charge in [-0.25, -0.2) is 13.4 Å². The Morgan fingerprint density at radius 2 is 2.06 bits per heavy atom. The molecule has 2 rings (SSSR count). The minimum Gasteiger partial charge on any atom is -0.328 e. The second-order valence-corrected chi connectivity index (χ2v) is 5.47. The Bertz CT molecular complexity index is 707. The highest BCUT2D eigenvalue weighted by Gasteiger charge is 2.14. The van der Waals surface area contributed by atoms with E-state index in [1.165, 1.54) is 24.4 Å². The fraction of sp³-hybridized carbons (Fsp3) is 0. The highest BCUT2D eigenvalue weighted by atomic mass is 35.5. The van der Waals surface area contributed by atoms with Gasteiger partial charge in [0.2, 0.25) is 5.56 Å². The Hall–Kier alpha value is -1.86. The second kappa shape index (κ2) is 4.79. The van der Waals surface area contributed by atoms with Gasteiger partial charge in [0.25, 0.3) is 10.0 Å². The van der Waals surface area contributed by atoms with Gasteiger partial charge in [0.15, 0.2) is 0 Å². The summed E-state index contributed by atoms with van der Waals surface area (Å²) in [5.41, 5.74) is -0.380. The molecule has 8 heteroatoms. The van der Waals surface area contributed by atoms with Crippen LogP contribution < -0.4 is 10.3 Å². The first kappa shape index (κ1) is 12.6. The maximum absolute atomic E-state index is 11.9. The summed E-state index contributed by atoms with van der Waals surface area (Å²) >= 11 is 5.72. The summed E-state index contributed by atoms with van der Waals surface area (Å²) in [7, 11) is -3.79. The van der Waals surface area contributed by atoms with Crippen molar-refractivity contribution in [2.45, 2.75) is 4.90 Å². The maximum atomic E-state index is 11.9. The first-order chi connectivity index (χ1) is 8.47. The molecule has 94 valence electrons. The minimum atomic E-state index is -3.79. The number of hydrogen-bond acceptors (Lipinski definition) is 4. The van der Waals surface area contributed by atoms with Crippen LogP contribution in [0.4, 0.5) is 5.82 Å². The SMILES string of the molecule is O=c1ccc(S(=O)(=O)Nc2cc(Cl)ccn2)c[nH]1. The van der Waals surface area contributed by atoms with Crippen LogP contribution in [0.2, 0.25) is 5.02 Å². The summed E-state index contributed by atoms with van der Waals surface area (Å²) in [5.74, 6) is 0.105. The molecule has 2 aromatic rings. The Morgan fingerprint density at radius 1 is 1.28 bits per heavy atom. The molecule has 0 aliphatic carbocycles. The number of aromatic amines is 1. The molecular formula is C10H8ClN3O3S. The summed E-state index contributed by atoms with van der Waals surface area (Å²) < 4.78 is 26.1. The summed E-state index contributed by atoms with van der Waals surface area (Å²) in [6.45, 7) is 0. The number of hydrogen-bond donors (Lipinski definition) is 2. The van der Waals surface area contributed by atoms with Gasteiger partial charge in [-0.2, -0.15) is 0 Å². The van der Waals surface area contributed by atoms with Crippen molar-refractivity contribution < 1.29 is 8.42 Å². The largest absolute Gasteiger partial charge is 0.328 e. The van der Waals surface area contributed by atoms with Crippen molar-refractivity contribution in [2.24, 2.45) is 0 Å². The standard InChI is InChI=1S/C10H8ClN3O3S/c11-7-3-4-12-9(5-7)14-18(16,17)8-1-2-10(15)13-6-8/h1-6H,(H,12,14)(H,13,15). The monoisotopic (exact) mass is 285 g/mol. The molecule has 0 aliphatic heterocycles. The molecule has 0 spiro atoms. The molecule has 18 heavy (non-hydrogen) atoms. The lowest BCUT2D eigenvalue weighted by Gasteiger charge is -2.06. The highest BCUT2D eigenvalue weighted by Crippen LogP contribution is 2.15. The van der Waals surface area contributed by atoms with E-state index in [0.717, 1.165) is 12.3 Å². The van der Waals surface area contributed by atoms with Gasteiger partial charge in [-0.15, -0.1) is 0 Å². The molecule has 6 nitrogen and oxygen atoms in total. The molecule has 2 N–H and O–H groups in total. The van der Waals surface area contributed by atoms with Crippen molar-refractivity contribution in [2.75, 3.05) is 4.72 Å². The molecule has 2 aromatic heterocycles. The van der Waals surface area contributed by atoms with Crippen LogP contribution in [0.25, 0.3) is 0 Å². The van der Waals surface area contributed by atoms with E-state index in [0.29, 0.717) is 5.02 Å². The van der Waals surface area contributed by atoms with Crippen molar-refractivity contribution in [1.82, 2.24) is 9.97 Å². The van der Waals surface area contributed by atoms with E-state index in [2.05, 4.69) is 14.7 Å². The van der Waals surface area contributed by atoms with Gasteiger partial charge in [0, 0.05) is 29.5 Å². The average Bonchev–Trinajstić information content (AvgIpc) is 2.29. The third-order valence-corrected chi connectivity index (χ3v) is 3.61. The van der Waals surface area contributed by atoms with E-state index < -0.39 is 10.0 Å². The number of aromatic nitrogens is 2. The number of halogens is 1. The fourth-order valence-electron chi connectivity index (χ4n) is 1.22. The Labute approximate surface area is 108 Å². The topological polar surface area (TPSA) is 91.9 Å². The average molecular weight is 286 g/mol. The normalized spacial score (nSPS) is 11.2. The van der Waals surface area contributed by atoms with Crippen LogP contribution in [0.5, 0.6) is 0 Å². The van der Waals surface area contributed by atoms with Gasteiger partial charge in [-0.1, -0.05) is 11.6 Å². The number of pyridine rings is 2. The second-order valence-electron chi connectivity index (χ2n) is 3.35.